The van der Waals surface area contributed by atoms with Gasteiger partial charge in [0.15, 0.2) is 0 Å². The molecule has 0 radical (unpaired) electrons. The van der Waals surface area contributed by atoms with Crippen LogP contribution in [0.15, 0.2) is 6.33 Å². The highest BCUT2D eigenvalue weighted by Crippen LogP contribution is 2.15. The van der Waals surface area contributed by atoms with Crippen LogP contribution < -0.4 is 5.32 Å². The van der Waals surface area contributed by atoms with Crippen LogP contribution in [0.4, 0.5) is 0 Å². The second kappa shape index (κ2) is 6.85. The van der Waals surface area contributed by atoms with Crippen molar-refractivity contribution in [1.29, 1.82) is 0 Å². The molecular weight excluding hydrogens is 264 g/mol. The Hall–Kier alpha value is -1.69. The summed E-state index contributed by atoms with van der Waals surface area (Å²) < 4.78 is 4.02. The maximum Gasteiger partial charge on any atom is 0.148 e. The van der Waals surface area contributed by atoms with Crippen LogP contribution in [0.5, 0.6) is 0 Å². The Labute approximate surface area is 126 Å². The topological polar surface area (TPSA) is 60.6 Å². The number of aryl methyl sites for hydroxylation is 1. The molecule has 0 spiro atoms. The third-order valence-electron chi connectivity index (χ3n) is 3.68. The fourth-order valence-corrected chi connectivity index (χ4v) is 2.54. The van der Waals surface area contributed by atoms with E-state index in [1.807, 2.05) is 16.4 Å². The summed E-state index contributed by atoms with van der Waals surface area (Å²) in [5.41, 5.74) is 3.67. The first-order chi connectivity index (χ1) is 10.0. The molecule has 0 atom stereocenters. The molecule has 0 fully saturated rings. The zero-order valence-electron chi connectivity index (χ0n) is 13.7. The largest absolute Gasteiger partial charge is 0.319 e. The third kappa shape index (κ3) is 3.69. The minimum Gasteiger partial charge on any atom is -0.319 e. The minimum atomic E-state index is 0.553. The molecule has 116 valence electrons. The zero-order valence-corrected chi connectivity index (χ0v) is 13.7. The van der Waals surface area contributed by atoms with Crippen molar-refractivity contribution in [2.75, 3.05) is 13.6 Å². The predicted octanol–water partition coefficient (Wildman–Crippen LogP) is 1.56. The van der Waals surface area contributed by atoms with Crippen LogP contribution >= 0.6 is 0 Å². The van der Waals surface area contributed by atoms with Gasteiger partial charge in [-0.3, -0.25) is 4.68 Å². The number of nitrogens with zero attached hydrogens (tertiary/aromatic N) is 5. The van der Waals surface area contributed by atoms with Crippen LogP contribution in [0.25, 0.3) is 0 Å². The van der Waals surface area contributed by atoms with Crippen LogP contribution in [-0.4, -0.2) is 38.1 Å². The first-order valence-corrected chi connectivity index (χ1v) is 7.57. The maximum absolute atomic E-state index is 4.67. The lowest BCUT2D eigenvalue weighted by molar-refractivity contribution is 0.455. The Morgan fingerprint density at radius 1 is 1.24 bits per heavy atom. The Morgan fingerprint density at radius 2 is 2.00 bits per heavy atom. The van der Waals surface area contributed by atoms with Crippen LogP contribution in [-0.2, 0) is 19.5 Å². The Morgan fingerprint density at radius 3 is 2.67 bits per heavy atom. The van der Waals surface area contributed by atoms with Gasteiger partial charge in [0.2, 0.25) is 0 Å². The molecule has 0 saturated carbocycles. The smallest absolute Gasteiger partial charge is 0.148 e. The van der Waals surface area contributed by atoms with E-state index >= 15 is 0 Å². The van der Waals surface area contributed by atoms with Crippen molar-refractivity contribution >= 4 is 0 Å². The molecule has 0 amide bonds. The molecule has 2 rings (SSSR count). The maximum atomic E-state index is 4.67. The summed E-state index contributed by atoms with van der Waals surface area (Å²) in [6.07, 6.45) is 2.64. The molecule has 6 heteroatoms. The van der Waals surface area contributed by atoms with Crippen LogP contribution in [0, 0.1) is 19.8 Å². The molecule has 0 unspecified atom stereocenters. The second-order valence-electron chi connectivity index (χ2n) is 5.91. The first kappa shape index (κ1) is 15.7. The summed E-state index contributed by atoms with van der Waals surface area (Å²) in [6.45, 7) is 11.1. The standard InChI is InChI=1S/C15H26N6/c1-11(2)8-21-15(17-10-18-21)9-20-13(4)14(6-7-16-5)12(3)19-20/h10-11,16H,6-9H2,1-5H3. The van der Waals surface area contributed by atoms with Crippen molar-refractivity contribution in [2.45, 2.75) is 47.2 Å². The molecule has 2 aromatic rings. The molecule has 0 aliphatic heterocycles. The Balaban J connectivity index is 2.18. The van der Waals surface area contributed by atoms with Gasteiger partial charge >= 0.3 is 0 Å². The van der Waals surface area contributed by atoms with Crippen molar-refractivity contribution < 1.29 is 0 Å². The fraction of sp³-hybridized carbons (Fsp3) is 0.667. The zero-order chi connectivity index (χ0) is 15.4. The molecule has 6 nitrogen and oxygen atoms in total. The van der Waals surface area contributed by atoms with E-state index in [0.29, 0.717) is 12.5 Å². The summed E-state index contributed by atoms with van der Waals surface area (Å²) in [4.78, 5) is 4.39. The van der Waals surface area contributed by atoms with E-state index in [0.717, 1.165) is 31.0 Å². The normalized spacial score (nSPS) is 11.5. The lowest BCUT2D eigenvalue weighted by atomic mass is 10.1. The van der Waals surface area contributed by atoms with Crippen LogP contribution in [0.3, 0.4) is 0 Å². The fourth-order valence-electron chi connectivity index (χ4n) is 2.54. The predicted molar refractivity (Wildman–Crippen MR) is 83.3 cm³/mol. The molecule has 0 saturated heterocycles. The van der Waals surface area contributed by atoms with Crippen molar-refractivity contribution in [2.24, 2.45) is 5.92 Å². The summed E-state index contributed by atoms with van der Waals surface area (Å²) >= 11 is 0. The number of likely N-dealkylation sites (N-methyl/N-ethyl adjacent to an activating group) is 1. The number of nitrogens with one attached hydrogen (secondary N) is 1. The van der Waals surface area contributed by atoms with Gasteiger partial charge in [-0.15, -0.1) is 0 Å². The van der Waals surface area contributed by atoms with E-state index in [9.17, 15) is 0 Å². The van der Waals surface area contributed by atoms with Crippen molar-refractivity contribution in [3.8, 4) is 0 Å². The number of hydrogen-bond acceptors (Lipinski definition) is 4. The van der Waals surface area contributed by atoms with Crippen molar-refractivity contribution in [3.63, 3.8) is 0 Å². The van der Waals surface area contributed by atoms with Crippen LogP contribution in [0.1, 0.15) is 36.6 Å². The molecule has 2 heterocycles. The number of hydrogen-bond donors (Lipinski definition) is 1. The highest BCUT2D eigenvalue weighted by Gasteiger charge is 2.14. The monoisotopic (exact) mass is 290 g/mol. The van der Waals surface area contributed by atoms with Gasteiger partial charge in [0, 0.05) is 12.2 Å². The van der Waals surface area contributed by atoms with Gasteiger partial charge < -0.3 is 5.32 Å². The quantitative estimate of drug-likeness (QED) is 0.840. The van der Waals surface area contributed by atoms with E-state index in [4.69, 9.17) is 0 Å². The van der Waals surface area contributed by atoms with Crippen molar-refractivity contribution in [3.05, 3.63) is 29.1 Å². The van der Waals surface area contributed by atoms with Gasteiger partial charge in [-0.2, -0.15) is 10.2 Å². The average molecular weight is 290 g/mol. The SMILES string of the molecule is CNCCc1c(C)nn(Cc2ncnn2CC(C)C)c1C. The molecule has 0 bridgehead atoms. The highest BCUT2D eigenvalue weighted by molar-refractivity contribution is 5.25. The van der Waals surface area contributed by atoms with Gasteiger partial charge in [-0.1, -0.05) is 13.8 Å². The average Bonchev–Trinajstić information content (AvgIpc) is 2.94. The number of rotatable bonds is 7. The van der Waals surface area contributed by atoms with Gasteiger partial charge in [0.05, 0.1) is 5.69 Å². The van der Waals surface area contributed by atoms with Crippen molar-refractivity contribution in [1.82, 2.24) is 29.9 Å². The van der Waals surface area contributed by atoms with Gasteiger partial charge in [0.1, 0.15) is 18.7 Å². The first-order valence-electron chi connectivity index (χ1n) is 7.57. The molecule has 21 heavy (non-hydrogen) atoms. The lowest BCUT2D eigenvalue weighted by Crippen LogP contribution is -2.15. The summed E-state index contributed by atoms with van der Waals surface area (Å²) in [5.74, 6) is 1.52. The summed E-state index contributed by atoms with van der Waals surface area (Å²) in [5, 5.41) is 12.2. The van der Waals surface area contributed by atoms with E-state index in [1.54, 1.807) is 6.33 Å². The van der Waals surface area contributed by atoms with E-state index in [2.05, 4.69) is 48.2 Å². The summed E-state index contributed by atoms with van der Waals surface area (Å²) in [7, 11) is 1.98. The molecule has 0 aromatic carbocycles. The second-order valence-corrected chi connectivity index (χ2v) is 5.91. The molecule has 1 N–H and O–H groups in total. The van der Waals surface area contributed by atoms with Gasteiger partial charge in [-0.05, 0) is 45.3 Å². The molecule has 0 aliphatic rings. The highest BCUT2D eigenvalue weighted by atomic mass is 15.4. The lowest BCUT2D eigenvalue weighted by Gasteiger charge is -2.09. The van der Waals surface area contributed by atoms with E-state index < -0.39 is 0 Å². The summed E-state index contributed by atoms with van der Waals surface area (Å²) in [6, 6.07) is 0. The molecular formula is C15H26N6. The van der Waals surface area contributed by atoms with E-state index in [-0.39, 0.29) is 0 Å². The minimum absolute atomic E-state index is 0.553. The Kier molecular flexibility index (Phi) is 5.12. The van der Waals surface area contributed by atoms with Crippen LogP contribution in [0.2, 0.25) is 0 Å². The third-order valence-corrected chi connectivity index (χ3v) is 3.68. The van der Waals surface area contributed by atoms with Gasteiger partial charge in [0.25, 0.3) is 0 Å². The molecule has 2 aromatic heterocycles. The Bertz CT molecular complexity index is 581. The van der Waals surface area contributed by atoms with Gasteiger partial charge in [-0.25, -0.2) is 9.67 Å². The van der Waals surface area contributed by atoms with E-state index in [1.165, 1.54) is 11.3 Å². The number of aromatic nitrogens is 5. The molecule has 0 aliphatic carbocycles.